The Bertz CT molecular complexity index is 236. The maximum absolute atomic E-state index is 11.4. The summed E-state index contributed by atoms with van der Waals surface area (Å²) in [5.74, 6) is 0.175. The molecule has 1 N–H and O–H groups in total. The van der Waals surface area contributed by atoms with Gasteiger partial charge in [-0.15, -0.1) is 0 Å². The molecule has 0 bridgehead atoms. The number of nitrogens with zero attached hydrogens (tertiary/aromatic N) is 1. The van der Waals surface area contributed by atoms with Gasteiger partial charge in [0.05, 0.1) is 5.71 Å². The monoisotopic (exact) mass is 256 g/mol. The number of oxime groups is 1. The molecular formula is C14H28N2O2. The molecule has 4 nitrogen and oxygen atoms in total. The third kappa shape index (κ3) is 13.0. The Morgan fingerprint density at radius 3 is 2.56 bits per heavy atom. The van der Waals surface area contributed by atoms with E-state index in [-0.39, 0.29) is 5.91 Å². The summed E-state index contributed by atoms with van der Waals surface area (Å²) in [6, 6.07) is 0. The first-order chi connectivity index (χ1) is 8.66. The number of carbonyl (C=O) groups is 1. The third-order valence-electron chi connectivity index (χ3n) is 2.49. The van der Waals surface area contributed by atoms with Gasteiger partial charge >= 0.3 is 0 Å². The van der Waals surface area contributed by atoms with Gasteiger partial charge < -0.3 is 10.2 Å². The van der Waals surface area contributed by atoms with Crippen LogP contribution in [0.4, 0.5) is 0 Å². The van der Waals surface area contributed by atoms with E-state index in [0.717, 1.165) is 37.9 Å². The van der Waals surface area contributed by atoms with E-state index in [0.29, 0.717) is 13.0 Å². The van der Waals surface area contributed by atoms with Crippen molar-refractivity contribution in [2.24, 2.45) is 5.16 Å². The number of unbranched alkanes of at least 4 members (excludes halogenated alkanes) is 4. The van der Waals surface area contributed by atoms with Gasteiger partial charge in [0.25, 0.3) is 0 Å². The standard InChI is InChI=1S/C14H28N2O2/c1-4-5-8-11-15-14(17)10-7-6-9-12-18-16-13(2)3/h4-12H2,1-3H3,(H,15,17). The number of hydrogen-bond acceptors (Lipinski definition) is 3. The summed E-state index contributed by atoms with van der Waals surface area (Å²) in [4.78, 5) is 16.5. The zero-order valence-electron chi connectivity index (χ0n) is 12.1. The Morgan fingerprint density at radius 2 is 1.89 bits per heavy atom. The number of nitrogens with one attached hydrogen (secondary N) is 1. The first-order valence-electron chi connectivity index (χ1n) is 7.06. The van der Waals surface area contributed by atoms with Gasteiger partial charge in [-0.05, 0) is 39.5 Å². The summed E-state index contributed by atoms with van der Waals surface area (Å²) in [5, 5.41) is 6.80. The van der Waals surface area contributed by atoms with Crippen molar-refractivity contribution in [2.75, 3.05) is 13.2 Å². The average Bonchev–Trinajstić information content (AvgIpc) is 2.33. The maximum Gasteiger partial charge on any atom is 0.219 e. The van der Waals surface area contributed by atoms with Crippen LogP contribution in [-0.4, -0.2) is 24.8 Å². The SMILES string of the molecule is CCCCCNC(=O)CCCCCON=C(C)C. The van der Waals surface area contributed by atoms with Crippen molar-refractivity contribution in [1.29, 1.82) is 0 Å². The van der Waals surface area contributed by atoms with Crippen LogP contribution in [0.15, 0.2) is 5.16 Å². The molecule has 0 rings (SSSR count). The molecule has 106 valence electrons. The van der Waals surface area contributed by atoms with E-state index < -0.39 is 0 Å². The molecule has 0 unspecified atom stereocenters. The molecule has 0 aliphatic heterocycles. The predicted octanol–water partition coefficient (Wildman–Crippen LogP) is 3.27. The molecule has 0 aliphatic rings. The maximum atomic E-state index is 11.4. The van der Waals surface area contributed by atoms with E-state index in [2.05, 4.69) is 17.4 Å². The van der Waals surface area contributed by atoms with Gasteiger partial charge in [0.1, 0.15) is 6.61 Å². The summed E-state index contributed by atoms with van der Waals surface area (Å²) in [6.45, 7) is 7.43. The van der Waals surface area contributed by atoms with E-state index >= 15 is 0 Å². The van der Waals surface area contributed by atoms with Crippen LogP contribution in [0.25, 0.3) is 0 Å². The lowest BCUT2D eigenvalue weighted by Crippen LogP contribution is -2.23. The highest BCUT2D eigenvalue weighted by atomic mass is 16.6. The Labute approximate surface area is 111 Å². The highest BCUT2D eigenvalue weighted by Crippen LogP contribution is 2.01. The van der Waals surface area contributed by atoms with E-state index in [1.165, 1.54) is 12.8 Å². The Kier molecular flexibility index (Phi) is 11.7. The zero-order valence-corrected chi connectivity index (χ0v) is 12.1. The summed E-state index contributed by atoms with van der Waals surface area (Å²) in [6.07, 6.45) is 7.00. The van der Waals surface area contributed by atoms with E-state index in [4.69, 9.17) is 4.84 Å². The number of hydrogen-bond donors (Lipinski definition) is 1. The number of carbonyl (C=O) groups excluding carboxylic acids is 1. The Morgan fingerprint density at radius 1 is 1.11 bits per heavy atom. The van der Waals surface area contributed by atoms with Crippen molar-refractivity contribution in [3.63, 3.8) is 0 Å². The van der Waals surface area contributed by atoms with E-state index in [9.17, 15) is 4.79 Å². The van der Waals surface area contributed by atoms with Gasteiger partial charge in [-0.25, -0.2) is 0 Å². The molecule has 0 aliphatic carbocycles. The van der Waals surface area contributed by atoms with Gasteiger partial charge in [0.2, 0.25) is 5.91 Å². The molecule has 0 fully saturated rings. The Hall–Kier alpha value is -1.06. The van der Waals surface area contributed by atoms with Crippen LogP contribution in [0.5, 0.6) is 0 Å². The lowest BCUT2D eigenvalue weighted by Gasteiger charge is -2.04. The fourth-order valence-electron chi connectivity index (χ4n) is 1.49. The van der Waals surface area contributed by atoms with Gasteiger partial charge in [-0.1, -0.05) is 24.9 Å². The molecule has 0 saturated heterocycles. The topological polar surface area (TPSA) is 50.7 Å². The smallest absolute Gasteiger partial charge is 0.219 e. The van der Waals surface area contributed by atoms with Crippen molar-refractivity contribution in [3.05, 3.63) is 0 Å². The summed E-state index contributed by atoms with van der Waals surface area (Å²) < 4.78 is 0. The molecule has 0 atom stereocenters. The predicted molar refractivity (Wildman–Crippen MR) is 75.7 cm³/mol. The first-order valence-corrected chi connectivity index (χ1v) is 7.06. The van der Waals surface area contributed by atoms with Crippen molar-refractivity contribution in [2.45, 2.75) is 65.7 Å². The van der Waals surface area contributed by atoms with Crippen LogP contribution in [0, 0.1) is 0 Å². The number of rotatable bonds is 11. The normalized spacial score (nSPS) is 9.94. The summed E-state index contributed by atoms with van der Waals surface area (Å²) in [5.41, 5.74) is 0.932. The van der Waals surface area contributed by atoms with Crippen LogP contribution in [0.1, 0.15) is 65.7 Å². The van der Waals surface area contributed by atoms with E-state index in [1.807, 2.05) is 13.8 Å². The van der Waals surface area contributed by atoms with Gasteiger partial charge in [-0.2, -0.15) is 0 Å². The molecule has 18 heavy (non-hydrogen) atoms. The lowest BCUT2D eigenvalue weighted by molar-refractivity contribution is -0.121. The Balaban J connectivity index is 3.22. The fourth-order valence-corrected chi connectivity index (χ4v) is 1.49. The lowest BCUT2D eigenvalue weighted by atomic mass is 10.2. The van der Waals surface area contributed by atoms with Gasteiger partial charge in [0.15, 0.2) is 0 Å². The second-order valence-electron chi connectivity index (χ2n) is 4.74. The first kappa shape index (κ1) is 16.9. The minimum absolute atomic E-state index is 0.175. The highest BCUT2D eigenvalue weighted by Gasteiger charge is 1.99. The molecule has 0 heterocycles. The molecule has 0 aromatic carbocycles. The molecule has 0 radical (unpaired) electrons. The largest absolute Gasteiger partial charge is 0.396 e. The fraction of sp³-hybridized carbons (Fsp3) is 0.857. The number of amides is 1. The highest BCUT2D eigenvalue weighted by molar-refractivity contribution is 5.78. The second kappa shape index (κ2) is 12.4. The molecule has 0 spiro atoms. The molecule has 0 saturated carbocycles. The minimum atomic E-state index is 0.175. The van der Waals surface area contributed by atoms with Crippen LogP contribution in [0.2, 0.25) is 0 Å². The van der Waals surface area contributed by atoms with Crippen molar-refractivity contribution < 1.29 is 9.63 Å². The summed E-state index contributed by atoms with van der Waals surface area (Å²) >= 11 is 0. The molecule has 0 aromatic rings. The third-order valence-corrected chi connectivity index (χ3v) is 2.49. The van der Waals surface area contributed by atoms with Crippen molar-refractivity contribution in [3.8, 4) is 0 Å². The zero-order chi connectivity index (χ0) is 13.6. The van der Waals surface area contributed by atoms with Crippen molar-refractivity contribution in [1.82, 2.24) is 5.32 Å². The van der Waals surface area contributed by atoms with Crippen LogP contribution in [-0.2, 0) is 9.63 Å². The van der Waals surface area contributed by atoms with Crippen molar-refractivity contribution >= 4 is 11.6 Å². The van der Waals surface area contributed by atoms with E-state index in [1.54, 1.807) is 0 Å². The summed E-state index contributed by atoms with van der Waals surface area (Å²) in [7, 11) is 0. The molecule has 4 heteroatoms. The second-order valence-corrected chi connectivity index (χ2v) is 4.74. The average molecular weight is 256 g/mol. The quantitative estimate of drug-likeness (QED) is 0.350. The molecule has 0 aromatic heterocycles. The van der Waals surface area contributed by atoms with Gasteiger partial charge in [0, 0.05) is 13.0 Å². The van der Waals surface area contributed by atoms with Gasteiger partial charge in [-0.3, -0.25) is 4.79 Å². The van der Waals surface area contributed by atoms with Crippen LogP contribution in [0.3, 0.4) is 0 Å². The van der Waals surface area contributed by atoms with Crippen LogP contribution < -0.4 is 5.32 Å². The minimum Gasteiger partial charge on any atom is -0.396 e. The molecule has 1 amide bonds. The molecular weight excluding hydrogens is 228 g/mol. The van der Waals surface area contributed by atoms with Crippen LogP contribution >= 0.6 is 0 Å².